The standard InChI is InChI=1S/C48H39BN4/c1-47(2,3)31-17-20-39-35(24-31)36-25-32(48(4,5)6)26-37-42-34-14-8-7-11-30(34)23-41-43(42)49(53(39)46(36)37)44-40(19-16-29-13-10-22-51-45(29)44)52(41)33-18-15-28-12-9-21-50-38(28)27-33/h7-27H,1-6H3. The Kier molecular flexibility index (Phi) is 5.99. The molecule has 4 nitrogen and oxygen atoms in total. The molecule has 2 aliphatic heterocycles. The maximum absolute atomic E-state index is 5.18. The van der Waals surface area contributed by atoms with Crippen molar-refractivity contribution in [1.29, 1.82) is 0 Å². The molecule has 53 heavy (non-hydrogen) atoms. The minimum Gasteiger partial charge on any atom is -0.375 e. The van der Waals surface area contributed by atoms with Gasteiger partial charge in [-0.3, -0.25) is 9.97 Å². The van der Waals surface area contributed by atoms with E-state index in [2.05, 4.69) is 160 Å². The highest BCUT2D eigenvalue weighted by Gasteiger charge is 2.45. The van der Waals surface area contributed by atoms with Gasteiger partial charge in [0, 0.05) is 62.2 Å². The number of anilines is 3. The Morgan fingerprint density at radius 2 is 1.28 bits per heavy atom. The van der Waals surface area contributed by atoms with Gasteiger partial charge in [-0.2, -0.15) is 0 Å². The van der Waals surface area contributed by atoms with Crippen LogP contribution in [0.25, 0.3) is 65.5 Å². The lowest BCUT2D eigenvalue weighted by Crippen LogP contribution is -2.57. The third-order valence-electron chi connectivity index (χ3n) is 11.9. The van der Waals surface area contributed by atoms with Gasteiger partial charge in [0.1, 0.15) is 0 Å². The fourth-order valence-electron chi connectivity index (χ4n) is 9.27. The number of benzene rings is 6. The lowest BCUT2D eigenvalue weighted by atomic mass is 9.44. The molecule has 3 aromatic heterocycles. The van der Waals surface area contributed by atoms with Crippen molar-refractivity contribution in [2.24, 2.45) is 0 Å². The van der Waals surface area contributed by atoms with Crippen LogP contribution in [0, 0.1) is 0 Å². The van der Waals surface area contributed by atoms with Gasteiger partial charge in [0.15, 0.2) is 0 Å². The van der Waals surface area contributed by atoms with E-state index < -0.39 is 0 Å². The Balaban J connectivity index is 1.38. The Morgan fingerprint density at radius 1 is 0.547 bits per heavy atom. The molecule has 6 aromatic carbocycles. The van der Waals surface area contributed by atoms with Crippen LogP contribution < -0.4 is 15.8 Å². The van der Waals surface area contributed by atoms with Crippen molar-refractivity contribution >= 4 is 89.2 Å². The summed E-state index contributed by atoms with van der Waals surface area (Å²) in [6.45, 7) is 13.9. The molecule has 0 spiro atoms. The van der Waals surface area contributed by atoms with Crippen molar-refractivity contribution < 1.29 is 0 Å². The van der Waals surface area contributed by atoms with Gasteiger partial charge in [-0.25, -0.2) is 0 Å². The van der Waals surface area contributed by atoms with Gasteiger partial charge in [0.2, 0.25) is 0 Å². The largest absolute Gasteiger partial charge is 0.375 e. The van der Waals surface area contributed by atoms with E-state index in [0.29, 0.717) is 0 Å². The van der Waals surface area contributed by atoms with Crippen LogP contribution in [0.1, 0.15) is 52.7 Å². The maximum Gasteiger partial charge on any atom is 0.335 e. The number of fused-ring (bicyclic) bond motifs is 12. The Labute approximate surface area is 309 Å². The third-order valence-corrected chi connectivity index (χ3v) is 11.9. The lowest BCUT2D eigenvalue weighted by Gasteiger charge is -2.41. The van der Waals surface area contributed by atoms with E-state index in [1.54, 1.807) is 0 Å². The summed E-state index contributed by atoms with van der Waals surface area (Å²) in [5.74, 6) is 0. The number of rotatable bonds is 1. The van der Waals surface area contributed by atoms with Crippen LogP contribution in [0.2, 0.25) is 0 Å². The average Bonchev–Trinajstić information content (AvgIpc) is 3.48. The highest BCUT2D eigenvalue weighted by atomic mass is 15.2. The molecular weight excluding hydrogens is 643 g/mol. The molecule has 5 heteroatoms. The lowest BCUT2D eigenvalue weighted by molar-refractivity contribution is 0.590. The summed E-state index contributed by atoms with van der Waals surface area (Å²) in [5, 5.41) is 7.44. The van der Waals surface area contributed by atoms with Crippen LogP contribution >= 0.6 is 0 Å². The van der Waals surface area contributed by atoms with Crippen LogP contribution in [0.3, 0.4) is 0 Å². The van der Waals surface area contributed by atoms with E-state index in [1.165, 1.54) is 71.4 Å². The maximum atomic E-state index is 5.18. The topological polar surface area (TPSA) is 34.0 Å². The summed E-state index contributed by atoms with van der Waals surface area (Å²) in [6.07, 6.45) is 3.84. The van der Waals surface area contributed by atoms with Gasteiger partial charge in [-0.15, -0.1) is 0 Å². The molecule has 2 aliphatic rings. The zero-order chi connectivity index (χ0) is 36.0. The molecule has 0 saturated heterocycles. The van der Waals surface area contributed by atoms with Crippen LogP contribution in [-0.2, 0) is 10.8 Å². The van der Waals surface area contributed by atoms with Crippen LogP contribution in [0.5, 0.6) is 0 Å². The number of hydrogen-bond donors (Lipinski definition) is 0. The molecule has 0 radical (unpaired) electrons. The first-order valence-electron chi connectivity index (χ1n) is 18.8. The smallest absolute Gasteiger partial charge is 0.335 e. The van der Waals surface area contributed by atoms with Gasteiger partial charge in [-0.05, 0) is 115 Å². The van der Waals surface area contributed by atoms with Gasteiger partial charge in [0.25, 0.3) is 0 Å². The molecule has 0 amide bonds. The van der Waals surface area contributed by atoms with E-state index in [1.807, 2.05) is 18.5 Å². The fourth-order valence-corrected chi connectivity index (χ4v) is 9.27. The molecule has 0 bridgehead atoms. The highest BCUT2D eigenvalue weighted by molar-refractivity contribution is 6.92. The van der Waals surface area contributed by atoms with Gasteiger partial charge < -0.3 is 9.38 Å². The van der Waals surface area contributed by atoms with Crippen LogP contribution in [-0.4, -0.2) is 21.3 Å². The molecule has 0 fully saturated rings. The quantitative estimate of drug-likeness (QED) is 0.162. The predicted molar refractivity (Wildman–Crippen MR) is 225 cm³/mol. The molecule has 0 aliphatic carbocycles. The van der Waals surface area contributed by atoms with E-state index in [4.69, 9.17) is 9.97 Å². The first-order valence-corrected chi connectivity index (χ1v) is 18.8. The Hall–Kier alpha value is -5.94. The number of aromatic nitrogens is 3. The molecule has 254 valence electrons. The molecule has 0 atom stereocenters. The molecule has 0 saturated carbocycles. The number of nitrogens with zero attached hydrogens (tertiary/aromatic N) is 4. The van der Waals surface area contributed by atoms with Gasteiger partial charge >= 0.3 is 6.85 Å². The first kappa shape index (κ1) is 30.7. The van der Waals surface area contributed by atoms with Crippen molar-refractivity contribution in [2.45, 2.75) is 52.4 Å². The van der Waals surface area contributed by atoms with Crippen molar-refractivity contribution in [3.63, 3.8) is 0 Å². The normalized spacial score (nSPS) is 13.8. The van der Waals surface area contributed by atoms with Crippen molar-refractivity contribution in [3.05, 3.63) is 139 Å². The Bertz CT molecular complexity index is 3050. The minimum absolute atomic E-state index is 0.0202. The fraction of sp³-hybridized carbons (Fsp3) is 0.167. The Morgan fingerprint density at radius 3 is 2.11 bits per heavy atom. The highest BCUT2D eigenvalue weighted by Crippen LogP contribution is 2.49. The second-order valence-corrected chi connectivity index (χ2v) is 17.1. The van der Waals surface area contributed by atoms with E-state index in [0.717, 1.165) is 33.2 Å². The summed E-state index contributed by atoms with van der Waals surface area (Å²) in [4.78, 5) is 12.5. The molecule has 11 rings (SSSR count). The van der Waals surface area contributed by atoms with Crippen LogP contribution in [0.4, 0.5) is 17.1 Å². The molecule has 0 N–H and O–H groups in total. The molecule has 9 aromatic rings. The number of pyridine rings is 2. The monoisotopic (exact) mass is 682 g/mol. The number of hydrogen-bond acceptors (Lipinski definition) is 3. The summed E-state index contributed by atoms with van der Waals surface area (Å²) in [6, 6.07) is 43.3. The van der Waals surface area contributed by atoms with Gasteiger partial charge in [-0.1, -0.05) is 96.1 Å². The zero-order valence-corrected chi connectivity index (χ0v) is 31.0. The zero-order valence-electron chi connectivity index (χ0n) is 31.0. The average molecular weight is 683 g/mol. The van der Waals surface area contributed by atoms with Crippen molar-refractivity contribution in [1.82, 2.24) is 14.4 Å². The SMILES string of the molecule is CC(C)(C)c1ccc2c(c1)c1cc(C(C)(C)C)cc3c1n2B1c2c(cc4ccccc4c2-3)N(c2ccc3cccnc3c2)c2ccc3cccnc3c21. The van der Waals surface area contributed by atoms with Gasteiger partial charge in [0.05, 0.1) is 11.0 Å². The summed E-state index contributed by atoms with van der Waals surface area (Å²) < 4.78 is 2.67. The second kappa shape index (κ2) is 10.4. The molecule has 5 heterocycles. The second-order valence-electron chi connectivity index (χ2n) is 17.1. The van der Waals surface area contributed by atoms with E-state index in [-0.39, 0.29) is 17.7 Å². The van der Waals surface area contributed by atoms with Crippen molar-refractivity contribution in [2.75, 3.05) is 4.90 Å². The first-order chi connectivity index (χ1) is 25.6. The summed E-state index contributed by atoms with van der Waals surface area (Å²) in [5.41, 5.74) is 15.9. The molecule has 0 unspecified atom stereocenters. The summed E-state index contributed by atoms with van der Waals surface area (Å²) >= 11 is 0. The molecular formula is C48H39BN4. The van der Waals surface area contributed by atoms with E-state index in [9.17, 15) is 0 Å². The summed E-state index contributed by atoms with van der Waals surface area (Å²) in [7, 11) is 0. The third kappa shape index (κ3) is 4.19. The van der Waals surface area contributed by atoms with Crippen LogP contribution in [0.15, 0.2) is 128 Å². The predicted octanol–water partition coefficient (Wildman–Crippen LogP) is 11.1. The minimum atomic E-state index is -0.0958. The van der Waals surface area contributed by atoms with Crippen molar-refractivity contribution in [3.8, 4) is 11.1 Å². The van der Waals surface area contributed by atoms with E-state index >= 15 is 0 Å².